The number of piperidine rings is 1. The van der Waals surface area contributed by atoms with Gasteiger partial charge < -0.3 is 21.3 Å². The van der Waals surface area contributed by atoms with E-state index in [-0.39, 0.29) is 11.1 Å². The fourth-order valence-electron chi connectivity index (χ4n) is 2.97. The van der Waals surface area contributed by atoms with Crippen LogP contribution in [0.25, 0.3) is 0 Å². The molecule has 2 aliphatic rings. The van der Waals surface area contributed by atoms with E-state index in [0.717, 1.165) is 24.6 Å². The van der Waals surface area contributed by atoms with Crippen molar-refractivity contribution in [1.29, 1.82) is 0 Å². The van der Waals surface area contributed by atoms with E-state index in [1.807, 2.05) is 6.92 Å². The number of aryl methyl sites for hydroxylation is 1. The van der Waals surface area contributed by atoms with Crippen molar-refractivity contribution in [3.05, 3.63) is 29.8 Å². The molecular formula is C18H31N5O3S. The number of guanidine groups is 1. The van der Waals surface area contributed by atoms with Gasteiger partial charge in [0.25, 0.3) is 10.1 Å². The van der Waals surface area contributed by atoms with Crippen molar-refractivity contribution in [3.63, 3.8) is 0 Å². The van der Waals surface area contributed by atoms with Crippen molar-refractivity contribution in [1.82, 2.24) is 15.5 Å². The minimum atomic E-state index is -4.02. The number of hydrogen-bond acceptors (Lipinski definition) is 7. The SMILES string of the molecule is Cc1ccc(S(=O)(=O)O)cc1.NC1CNC(NCCCN2CCCCC2)=N1. The van der Waals surface area contributed by atoms with Gasteiger partial charge in [0.1, 0.15) is 6.17 Å². The third kappa shape index (κ3) is 8.25. The molecule has 0 radical (unpaired) electrons. The Morgan fingerprint density at radius 1 is 1.26 bits per heavy atom. The second kappa shape index (κ2) is 10.6. The van der Waals surface area contributed by atoms with Gasteiger partial charge in [-0.15, -0.1) is 0 Å². The summed E-state index contributed by atoms with van der Waals surface area (Å²) in [6.07, 6.45) is 5.26. The predicted octanol–water partition coefficient (Wildman–Crippen LogP) is 0.938. The van der Waals surface area contributed by atoms with Crippen molar-refractivity contribution in [2.75, 3.05) is 32.7 Å². The van der Waals surface area contributed by atoms with Gasteiger partial charge in [0.15, 0.2) is 5.96 Å². The van der Waals surface area contributed by atoms with Crippen LogP contribution in [0.4, 0.5) is 0 Å². The molecule has 3 rings (SSSR count). The molecule has 27 heavy (non-hydrogen) atoms. The van der Waals surface area contributed by atoms with Gasteiger partial charge in [-0.05, 0) is 58.0 Å². The summed E-state index contributed by atoms with van der Waals surface area (Å²) in [7, 11) is -4.02. The zero-order valence-electron chi connectivity index (χ0n) is 15.9. The summed E-state index contributed by atoms with van der Waals surface area (Å²) in [4.78, 5) is 6.72. The van der Waals surface area contributed by atoms with E-state index in [4.69, 9.17) is 10.3 Å². The Labute approximate surface area is 162 Å². The monoisotopic (exact) mass is 397 g/mol. The molecule has 1 aromatic carbocycles. The first-order chi connectivity index (χ1) is 12.8. The zero-order valence-corrected chi connectivity index (χ0v) is 16.7. The van der Waals surface area contributed by atoms with E-state index >= 15 is 0 Å². The van der Waals surface area contributed by atoms with Crippen LogP contribution in [0.15, 0.2) is 34.2 Å². The second-order valence-corrected chi connectivity index (χ2v) is 8.32. The molecule has 1 unspecified atom stereocenters. The predicted molar refractivity (Wildman–Crippen MR) is 107 cm³/mol. The zero-order chi connectivity index (χ0) is 19.7. The molecular weight excluding hydrogens is 366 g/mol. The van der Waals surface area contributed by atoms with Crippen LogP contribution < -0.4 is 16.4 Å². The number of nitrogens with zero attached hydrogens (tertiary/aromatic N) is 2. The number of nitrogens with two attached hydrogens (primary N) is 1. The van der Waals surface area contributed by atoms with Gasteiger partial charge in [-0.25, -0.2) is 4.99 Å². The smallest absolute Gasteiger partial charge is 0.294 e. The van der Waals surface area contributed by atoms with Gasteiger partial charge in [-0.3, -0.25) is 4.55 Å². The maximum atomic E-state index is 10.5. The molecule has 1 saturated heterocycles. The Morgan fingerprint density at radius 3 is 2.48 bits per heavy atom. The largest absolute Gasteiger partial charge is 0.356 e. The molecule has 2 aliphatic heterocycles. The molecule has 1 aromatic rings. The molecule has 0 aliphatic carbocycles. The van der Waals surface area contributed by atoms with Gasteiger partial charge >= 0.3 is 0 Å². The first-order valence-electron chi connectivity index (χ1n) is 9.42. The second-order valence-electron chi connectivity index (χ2n) is 6.90. The van der Waals surface area contributed by atoms with Crippen LogP contribution >= 0.6 is 0 Å². The fourth-order valence-corrected chi connectivity index (χ4v) is 3.45. The van der Waals surface area contributed by atoms with E-state index in [1.54, 1.807) is 12.1 Å². The topological polar surface area (TPSA) is 120 Å². The summed E-state index contributed by atoms with van der Waals surface area (Å²) in [6, 6.07) is 5.99. The molecule has 0 spiro atoms. The Kier molecular flexibility index (Phi) is 8.49. The molecule has 5 N–H and O–H groups in total. The van der Waals surface area contributed by atoms with Crippen molar-refractivity contribution in [2.45, 2.75) is 43.7 Å². The molecule has 8 nitrogen and oxygen atoms in total. The quantitative estimate of drug-likeness (QED) is 0.431. The fraction of sp³-hybridized carbons (Fsp3) is 0.611. The number of nitrogens with one attached hydrogen (secondary N) is 2. The molecule has 0 saturated carbocycles. The van der Waals surface area contributed by atoms with E-state index in [9.17, 15) is 8.42 Å². The summed E-state index contributed by atoms with van der Waals surface area (Å²) in [5.74, 6) is 0.867. The third-order valence-electron chi connectivity index (χ3n) is 4.48. The Hall–Kier alpha value is -1.68. The Balaban J connectivity index is 0.000000208. The standard InChI is InChI=1S/C11H23N5.C7H8O3S/c12-10-9-14-11(15-10)13-5-4-8-16-6-2-1-3-7-16;1-6-2-4-7(5-3-6)11(8,9)10/h10H,1-9,12H2,(H2,13,14,15);2-5H,1H3,(H,8,9,10). The van der Waals surface area contributed by atoms with Crippen LogP contribution in [0, 0.1) is 6.92 Å². The minimum Gasteiger partial charge on any atom is -0.356 e. The molecule has 9 heteroatoms. The number of aliphatic imine (C=N–C) groups is 1. The van der Waals surface area contributed by atoms with E-state index in [2.05, 4.69) is 20.5 Å². The van der Waals surface area contributed by atoms with Crippen LogP contribution in [-0.4, -0.2) is 62.7 Å². The average Bonchev–Trinajstić information content (AvgIpc) is 3.05. The maximum absolute atomic E-state index is 10.5. The summed E-state index contributed by atoms with van der Waals surface area (Å²) >= 11 is 0. The van der Waals surface area contributed by atoms with Crippen LogP contribution in [0.5, 0.6) is 0 Å². The summed E-state index contributed by atoms with van der Waals surface area (Å²) in [5.41, 5.74) is 6.60. The van der Waals surface area contributed by atoms with E-state index < -0.39 is 10.1 Å². The summed E-state index contributed by atoms with van der Waals surface area (Å²) in [5, 5.41) is 6.43. The lowest BCUT2D eigenvalue weighted by molar-refractivity contribution is 0.227. The van der Waals surface area contributed by atoms with Crippen molar-refractivity contribution in [2.24, 2.45) is 10.7 Å². The Morgan fingerprint density at radius 2 is 1.93 bits per heavy atom. The molecule has 1 fully saturated rings. The molecule has 2 heterocycles. The first kappa shape index (κ1) is 21.6. The van der Waals surface area contributed by atoms with Crippen LogP contribution in [0.3, 0.4) is 0 Å². The average molecular weight is 398 g/mol. The lowest BCUT2D eigenvalue weighted by atomic mass is 10.1. The highest BCUT2D eigenvalue weighted by molar-refractivity contribution is 7.85. The van der Waals surface area contributed by atoms with Gasteiger partial charge in [-0.1, -0.05) is 24.1 Å². The third-order valence-corrected chi connectivity index (χ3v) is 5.35. The highest BCUT2D eigenvalue weighted by Crippen LogP contribution is 2.09. The molecule has 0 amide bonds. The highest BCUT2D eigenvalue weighted by Gasteiger charge is 2.12. The molecule has 0 bridgehead atoms. The van der Waals surface area contributed by atoms with Crippen molar-refractivity contribution >= 4 is 16.1 Å². The van der Waals surface area contributed by atoms with Gasteiger partial charge in [0, 0.05) is 6.54 Å². The molecule has 152 valence electrons. The summed E-state index contributed by atoms with van der Waals surface area (Å²) < 4.78 is 29.6. The number of benzene rings is 1. The summed E-state index contributed by atoms with van der Waals surface area (Å²) in [6.45, 7) is 7.34. The van der Waals surface area contributed by atoms with Crippen LogP contribution in [0.2, 0.25) is 0 Å². The minimum absolute atomic E-state index is 0.0652. The first-order valence-corrected chi connectivity index (χ1v) is 10.9. The van der Waals surface area contributed by atoms with E-state index in [1.165, 1.54) is 57.5 Å². The normalized spacial score (nSPS) is 20.3. The van der Waals surface area contributed by atoms with Gasteiger partial charge in [-0.2, -0.15) is 8.42 Å². The van der Waals surface area contributed by atoms with Gasteiger partial charge in [0.05, 0.1) is 11.4 Å². The van der Waals surface area contributed by atoms with Crippen LogP contribution in [-0.2, 0) is 10.1 Å². The van der Waals surface area contributed by atoms with E-state index in [0.29, 0.717) is 0 Å². The molecule has 1 atom stereocenters. The number of likely N-dealkylation sites (tertiary alicyclic amines) is 1. The maximum Gasteiger partial charge on any atom is 0.294 e. The van der Waals surface area contributed by atoms with Crippen molar-refractivity contribution < 1.29 is 13.0 Å². The molecule has 0 aromatic heterocycles. The lowest BCUT2D eigenvalue weighted by Gasteiger charge is -2.26. The Bertz CT molecular complexity index is 700. The number of hydrogen-bond donors (Lipinski definition) is 4. The van der Waals surface area contributed by atoms with Crippen molar-refractivity contribution in [3.8, 4) is 0 Å². The lowest BCUT2D eigenvalue weighted by Crippen LogP contribution is -2.37. The van der Waals surface area contributed by atoms with Crippen LogP contribution in [0.1, 0.15) is 31.2 Å². The number of rotatable bonds is 5. The highest BCUT2D eigenvalue weighted by atomic mass is 32.2. The van der Waals surface area contributed by atoms with Gasteiger partial charge in [0.2, 0.25) is 0 Å².